The minimum atomic E-state index is -0.0711. The zero-order chi connectivity index (χ0) is 18.8. The van der Waals surface area contributed by atoms with Crippen molar-refractivity contribution in [1.29, 1.82) is 0 Å². The molecule has 0 aliphatic heterocycles. The SMILES string of the molecule is CC(=O)NCc1cccc(-c2ccc3cnn(-c4cccc(C)n4)c3c2)n1. The van der Waals surface area contributed by atoms with E-state index in [0.717, 1.165) is 39.4 Å². The first-order valence-electron chi connectivity index (χ1n) is 8.73. The summed E-state index contributed by atoms with van der Waals surface area (Å²) < 4.78 is 1.84. The van der Waals surface area contributed by atoms with Crippen LogP contribution in [-0.2, 0) is 11.3 Å². The van der Waals surface area contributed by atoms with Crippen molar-refractivity contribution in [3.63, 3.8) is 0 Å². The first kappa shape index (κ1) is 16.9. The molecule has 0 saturated heterocycles. The third kappa shape index (κ3) is 3.55. The highest BCUT2D eigenvalue weighted by molar-refractivity contribution is 5.84. The first-order chi connectivity index (χ1) is 13.1. The molecule has 1 aromatic carbocycles. The molecule has 4 rings (SSSR count). The fraction of sp³-hybridized carbons (Fsp3) is 0.143. The highest BCUT2D eigenvalue weighted by Gasteiger charge is 2.09. The normalized spacial score (nSPS) is 10.9. The predicted molar refractivity (Wildman–Crippen MR) is 104 cm³/mol. The Morgan fingerprint density at radius 1 is 1.07 bits per heavy atom. The van der Waals surface area contributed by atoms with Crippen LogP contribution in [0.3, 0.4) is 0 Å². The molecular formula is C21H19N5O. The van der Waals surface area contributed by atoms with E-state index in [2.05, 4.69) is 26.4 Å². The van der Waals surface area contributed by atoms with Gasteiger partial charge in [-0.05, 0) is 37.3 Å². The Morgan fingerprint density at radius 2 is 1.93 bits per heavy atom. The van der Waals surface area contributed by atoms with E-state index in [1.165, 1.54) is 6.92 Å². The number of aryl methyl sites for hydroxylation is 1. The summed E-state index contributed by atoms with van der Waals surface area (Å²) in [7, 11) is 0. The van der Waals surface area contributed by atoms with E-state index >= 15 is 0 Å². The Labute approximate surface area is 156 Å². The minimum Gasteiger partial charge on any atom is -0.351 e. The number of hydrogen-bond donors (Lipinski definition) is 1. The lowest BCUT2D eigenvalue weighted by atomic mass is 10.1. The van der Waals surface area contributed by atoms with E-state index in [9.17, 15) is 4.79 Å². The number of carbonyl (C=O) groups excluding carboxylic acids is 1. The number of fused-ring (bicyclic) bond motifs is 1. The maximum atomic E-state index is 11.1. The Kier molecular flexibility index (Phi) is 4.38. The van der Waals surface area contributed by atoms with Gasteiger partial charge in [-0.3, -0.25) is 9.78 Å². The van der Waals surface area contributed by atoms with E-state index in [1.807, 2.05) is 66.3 Å². The molecule has 0 aliphatic rings. The maximum Gasteiger partial charge on any atom is 0.217 e. The Balaban J connectivity index is 1.74. The van der Waals surface area contributed by atoms with Crippen LogP contribution in [0.1, 0.15) is 18.3 Å². The Bertz CT molecular complexity index is 1130. The number of hydrogen-bond acceptors (Lipinski definition) is 4. The molecule has 3 aromatic heterocycles. The molecule has 0 unspecified atom stereocenters. The van der Waals surface area contributed by atoms with Gasteiger partial charge in [0.15, 0.2) is 5.82 Å². The van der Waals surface area contributed by atoms with E-state index in [4.69, 9.17) is 0 Å². The second kappa shape index (κ2) is 6.99. The third-order valence-electron chi connectivity index (χ3n) is 4.28. The lowest BCUT2D eigenvalue weighted by Gasteiger charge is -2.07. The summed E-state index contributed by atoms with van der Waals surface area (Å²) in [4.78, 5) is 20.4. The van der Waals surface area contributed by atoms with Crippen LogP contribution in [-0.4, -0.2) is 25.7 Å². The van der Waals surface area contributed by atoms with Crippen LogP contribution in [0.25, 0.3) is 28.0 Å². The standard InChI is InChI=1S/C21H19N5O/c1-14-5-3-8-21(24-14)26-20-11-16(9-10-17(20)12-23-26)19-7-4-6-18(25-19)13-22-15(2)27/h3-12H,13H2,1-2H3,(H,22,27). The lowest BCUT2D eigenvalue weighted by Crippen LogP contribution is -2.19. The first-order valence-corrected chi connectivity index (χ1v) is 8.73. The molecule has 6 nitrogen and oxygen atoms in total. The summed E-state index contributed by atoms with van der Waals surface area (Å²) >= 11 is 0. The van der Waals surface area contributed by atoms with Gasteiger partial charge < -0.3 is 5.32 Å². The van der Waals surface area contributed by atoms with Gasteiger partial charge in [0, 0.05) is 23.6 Å². The summed E-state index contributed by atoms with van der Waals surface area (Å²) in [5.41, 5.74) is 4.57. The van der Waals surface area contributed by atoms with Crippen LogP contribution < -0.4 is 5.32 Å². The topological polar surface area (TPSA) is 72.7 Å². The lowest BCUT2D eigenvalue weighted by molar-refractivity contribution is -0.119. The molecule has 6 heteroatoms. The van der Waals surface area contributed by atoms with Gasteiger partial charge in [0.1, 0.15) is 0 Å². The van der Waals surface area contributed by atoms with Crippen molar-refractivity contribution < 1.29 is 4.79 Å². The molecular weight excluding hydrogens is 338 g/mol. The number of nitrogens with zero attached hydrogens (tertiary/aromatic N) is 4. The molecule has 3 heterocycles. The molecule has 0 fully saturated rings. The van der Waals surface area contributed by atoms with Crippen molar-refractivity contribution in [1.82, 2.24) is 25.1 Å². The third-order valence-corrected chi connectivity index (χ3v) is 4.28. The maximum absolute atomic E-state index is 11.1. The van der Waals surface area contributed by atoms with Crippen molar-refractivity contribution >= 4 is 16.8 Å². The number of amides is 1. The number of carbonyl (C=O) groups is 1. The van der Waals surface area contributed by atoms with E-state index in [0.29, 0.717) is 6.54 Å². The fourth-order valence-electron chi connectivity index (χ4n) is 2.96. The molecule has 0 radical (unpaired) electrons. The predicted octanol–water partition coefficient (Wildman–Crippen LogP) is 3.43. The summed E-state index contributed by atoms with van der Waals surface area (Å²) in [6.07, 6.45) is 1.84. The number of rotatable bonds is 4. The van der Waals surface area contributed by atoms with Crippen molar-refractivity contribution in [3.8, 4) is 17.1 Å². The zero-order valence-corrected chi connectivity index (χ0v) is 15.2. The average molecular weight is 357 g/mol. The van der Waals surface area contributed by atoms with Crippen molar-refractivity contribution in [2.75, 3.05) is 0 Å². The number of nitrogens with one attached hydrogen (secondary N) is 1. The van der Waals surface area contributed by atoms with E-state index in [1.54, 1.807) is 0 Å². The summed E-state index contributed by atoms with van der Waals surface area (Å²) in [5, 5.41) is 8.31. The van der Waals surface area contributed by atoms with Crippen molar-refractivity contribution in [2.24, 2.45) is 0 Å². The summed E-state index contributed by atoms with van der Waals surface area (Å²) in [5.74, 6) is 0.715. The van der Waals surface area contributed by atoms with Crippen LogP contribution >= 0.6 is 0 Å². The van der Waals surface area contributed by atoms with Crippen LogP contribution in [0, 0.1) is 6.92 Å². The number of aromatic nitrogens is 4. The Hall–Kier alpha value is -3.54. The molecule has 0 spiro atoms. The fourth-order valence-corrected chi connectivity index (χ4v) is 2.96. The van der Waals surface area contributed by atoms with E-state index in [-0.39, 0.29) is 5.91 Å². The van der Waals surface area contributed by atoms with Crippen LogP contribution in [0.4, 0.5) is 0 Å². The minimum absolute atomic E-state index is 0.0711. The smallest absolute Gasteiger partial charge is 0.217 e. The van der Waals surface area contributed by atoms with E-state index < -0.39 is 0 Å². The van der Waals surface area contributed by atoms with Gasteiger partial charge in [0.25, 0.3) is 0 Å². The molecule has 1 amide bonds. The second-order valence-electron chi connectivity index (χ2n) is 6.39. The van der Waals surface area contributed by atoms with Crippen molar-refractivity contribution in [2.45, 2.75) is 20.4 Å². The highest BCUT2D eigenvalue weighted by Crippen LogP contribution is 2.25. The molecule has 4 aromatic rings. The van der Waals surface area contributed by atoms with Gasteiger partial charge in [-0.15, -0.1) is 0 Å². The van der Waals surface area contributed by atoms with Crippen LogP contribution in [0.2, 0.25) is 0 Å². The molecule has 1 N–H and O–H groups in total. The summed E-state index contributed by atoms with van der Waals surface area (Å²) in [6, 6.07) is 17.8. The molecule has 0 atom stereocenters. The number of benzene rings is 1. The van der Waals surface area contributed by atoms with Gasteiger partial charge in [0.05, 0.1) is 29.6 Å². The monoisotopic (exact) mass is 357 g/mol. The van der Waals surface area contributed by atoms with Gasteiger partial charge in [0.2, 0.25) is 5.91 Å². The molecule has 0 saturated carbocycles. The van der Waals surface area contributed by atoms with Gasteiger partial charge in [-0.25, -0.2) is 9.67 Å². The van der Waals surface area contributed by atoms with Crippen LogP contribution in [0.5, 0.6) is 0 Å². The molecule has 27 heavy (non-hydrogen) atoms. The molecule has 0 bridgehead atoms. The summed E-state index contributed by atoms with van der Waals surface area (Å²) in [6.45, 7) is 3.87. The zero-order valence-electron chi connectivity index (χ0n) is 15.2. The highest BCUT2D eigenvalue weighted by atomic mass is 16.1. The van der Waals surface area contributed by atoms with Crippen molar-refractivity contribution in [3.05, 3.63) is 72.2 Å². The van der Waals surface area contributed by atoms with Gasteiger partial charge in [-0.2, -0.15) is 5.10 Å². The van der Waals surface area contributed by atoms with Gasteiger partial charge in [-0.1, -0.05) is 24.3 Å². The Morgan fingerprint density at radius 3 is 2.74 bits per heavy atom. The average Bonchev–Trinajstić information content (AvgIpc) is 3.10. The molecule has 0 aliphatic carbocycles. The quantitative estimate of drug-likeness (QED) is 0.607. The largest absolute Gasteiger partial charge is 0.351 e. The number of pyridine rings is 2. The second-order valence-corrected chi connectivity index (χ2v) is 6.39. The van der Waals surface area contributed by atoms with Gasteiger partial charge >= 0.3 is 0 Å². The molecule has 134 valence electrons. The van der Waals surface area contributed by atoms with Crippen LogP contribution in [0.15, 0.2) is 60.8 Å².